The number of amides is 2. The number of rotatable bonds is 8. The number of hydrogen-bond acceptors (Lipinski definition) is 5. The van der Waals surface area contributed by atoms with E-state index in [-0.39, 0.29) is 24.6 Å². The molecule has 0 unspecified atom stereocenters. The SMILES string of the molecule is CCOC(=O)C[C@H](NC(=O)Nc1c(O)c(Cl)cn(Cc2ccccc2Cl)c1=O)c1ccc(C)cc1. The van der Waals surface area contributed by atoms with Crippen LogP contribution in [0.4, 0.5) is 10.5 Å². The molecule has 0 bridgehead atoms. The first kappa shape index (κ1) is 26.1. The lowest BCUT2D eigenvalue weighted by Gasteiger charge is -2.20. The number of carbonyl (C=O) groups excluding carboxylic acids is 2. The summed E-state index contributed by atoms with van der Waals surface area (Å²) < 4.78 is 6.25. The van der Waals surface area contributed by atoms with Crippen molar-refractivity contribution in [3.63, 3.8) is 0 Å². The highest BCUT2D eigenvalue weighted by Gasteiger charge is 2.22. The Morgan fingerprint density at radius 2 is 1.77 bits per heavy atom. The summed E-state index contributed by atoms with van der Waals surface area (Å²) >= 11 is 12.3. The van der Waals surface area contributed by atoms with Crippen LogP contribution in [0.3, 0.4) is 0 Å². The van der Waals surface area contributed by atoms with Crippen molar-refractivity contribution in [3.8, 4) is 5.75 Å². The summed E-state index contributed by atoms with van der Waals surface area (Å²) in [4.78, 5) is 38.0. The molecule has 0 saturated carbocycles. The standard InChI is InChI=1S/C25H25Cl2N3O5/c1-3-35-21(31)12-20(16-10-8-15(2)9-11-16)28-25(34)29-22-23(32)19(27)14-30(24(22)33)13-17-6-4-5-7-18(17)26/h4-11,14,20,32H,3,12-13H2,1-2H3,(H2,28,29,34)/t20-/m0/s1. The maximum atomic E-state index is 13.0. The van der Waals surface area contributed by atoms with E-state index in [1.54, 1.807) is 43.3 Å². The molecule has 3 rings (SSSR count). The molecule has 184 valence electrons. The van der Waals surface area contributed by atoms with Gasteiger partial charge in [-0.15, -0.1) is 0 Å². The molecule has 0 saturated heterocycles. The lowest BCUT2D eigenvalue weighted by Crippen LogP contribution is -2.36. The summed E-state index contributed by atoms with van der Waals surface area (Å²) in [6, 6.07) is 12.7. The normalized spacial score (nSPS) is 11.5. The van der Waals surface area contributed by atoms with Crippen LogP contribution in [0.15, 0.2) is 59.5 Å². The van der Waals surface area contributed by atoms with Gasteiger partial charge in [-0.1, -0.05) is 71.2 Å². The lowest BCUT2D eigenvalue weighted by atomic mass is 10.0. The minimum Gasteiger partial charge on any atom is -0.504 e. The van der Waals surface area contributed by atoms with Crippen LogP contribution in [0.1, 0.15) is 36.1 Å². The van der Waals surface area contributed by atoms with Crippen LogP contribution in [0.2, 0.25) is 10.0 Å². The van der Waals surface area contributed by atoms with E-state index in [2.05, 4.69) is 10.6 Å². The van der Waals surface area contributed by atoms with Crippen LogP contribution in [0, 0.1) is 6.92 Å². The van der Waals surface area contributed by atoms with E-state index in [9.17, 15) is 19.5 Å². The third-order valence-corrected chi connectivity index (χ3v) is 5.85. The van der Waals surface area contributed by atoms with Crippen LogP contribution >= 0.6 is 23.2 Å². The Labute approximate surface area is 212 Å². The zero-order valence-corrected chi connectivity index (χ0v) is 20.7. The number of nitrogens with one attached hydrogen (secondary N) is 2. The number of aromatic hydroxyl groups is 1. The molecule has 8 nitrogen and oxygen atoms in total. The molecule has 0 radical (unpaired) electrons. The number of halogens is 2. The van der Waals surface area contributed by atoms with Crippen LogP contribution in [0.5, 0.6) is 5.75 Å². The van der Waals surface area contributed by atoms with Gasteiger partial charge in [-0.3, -0.25) is 9.59 Å². The summed E-state index contributed by atoms with van der Waals surface area (Å²) in [7, 11) is 0. The van der Waals surface area contributed by atoms with Gasteiger partial charge in [0, 0.05) is 11.2 Å². The Morgan fingerprint density at radius 3 is 2.43 bits per heavy atom. The molecule has 0 aliphatic carbocycles. The highest BCUT2D eigenvalue weighted by Crippen LogP contribution is 2.29. The molecular formula is C25H25Cl2N3O5. The monoisotopic (exact) mass is 517 g/mol. The van der Waals surface area contributed by atoms with E-state index in [1.165, 1.54) is 10.8 Å². The number of ether oxygens (including phenoxy) is 1. The number of pyridine rings is 1. The van der Waals surface area contributed by atoms with Gasteiger partial charge in [0.2, 0.25) is 0 Å². The molecule has 0 spiro atoms. The summed E-state index contributed by atoms with van der Waals surface area (Å²) in [5, 5.41) is 15.7. The third-order valence-electron chi connectivity index (χ3n) is 5.21. The second-order valence-corrected chi connectivity index (χ2v) is 8.61. The molecule has 10 heteroatoms. The van der Waals surface area contributed by atoms with Crippen molar-refractivity contribution in [2.75, 3.05) is 11.9 Å². The van der Waals surface area contributed by atoms with Gasteiger partial charge in [0.1, 0.15) is 5.02 Å². The average molecular weight is 518 g/mol. The fourth-order valence-electron chi connectivity index (χ4n) is 3.41. The number of carbonyl (C=O) groups is 2. The molecule has 2 aromatic carbocycles. The first-order valence-corrected chi connectivity index (χ1v) is 11.6. The average Bonchev–Trinajstić information content (AvgIpc) is 2.82. The minimum atomic E-state index is -0.807. The van der Waals surface area contributed by atoms with E-state index in [0.717, 1.165) is 5.56 Å². The maximum absolute atomic E-state index is 13.0. The van der Waals surface area contributed by atoms with Gasteiger partial charge in [0.05, 0.1) is 25.6 Å². The molecule has 1 atom stereocenters. The lowest BCUT2D eigenvalue weighted by molar-refractivity contribution is -0.143. The molecule has 0 fully saturated rings. The number of hydrogen-bond donors (Lipinski definition) is 3. The second kappa shape index (κ2) is 11.8. The van der Waals surface area contributed by atoms with Crippen molar-refractivity contribution in [3.05, 3.63) is 91.8 Å². The number of aryl methyl sites for hydroxylation is 1. The molecular weight excluding hydrogens is 493 g/mol. The summed E-state index contributed by atoms with van der Waals surface area (Å²) in [6.45, 7) is 3.88. The van der Waals surface area contributed by atoms with Gasteiger partial charge in [-0.25, -0.2) is 4.79 Å². The van der Waals surface area contributed by atoms with Crippen molar-refractivity contribution in [1.82, 2.24) is 9.88 Å². The molecule has 0 aliphatic heterocycles. The molecule has 3 N–H and O–H groups in total. The van der Waals surface area contributed by atoms with Crippen LogP contribution in [-0.4, -0.2) is 28.3 Å². The minimum absolute atomic E-state index is 0.0731. The van der Waals surface area contributed by atoms with E-state index < -0.39 is 35.0 Å². The van der Waals surface area contributed by atoms with E-state index in [0.29, 0.717) is 16.1 Å². The Kier molecular flexibility index (Phi) is 8.78. The molecule has 35 heavy (non-hydrogen) atoms. The van der Waals surface area contributed by atoms with Crippen molar-refractivity contribution < 1.29 is 19.4 Å². The van der Waals surface area contributed by atoms with E-state index in [1.807, 2.05) is 19.1 Å². The number of benzene rings is 2. The van der Waals surface area contributed by atoms with Gasteiger partial charge < -0.3 is 25.0 Å². The molecule has 1 aromatic heterocycles. The largest absolute Gasteiger partial charge is 0.504 e. The van der Waals surface area contributed by atoms with Gasteiger partial charge in [-0.2, -0.15) is 0 Å². The summed E-state index contributed by atoms with van der Waals surface area (Å²) in [5.74, 6) is -1.06. The second-order valence-electron chi connectivity index (χ2n) is 7.80. The van der Waals surface area contributed by atoms with E-state index in [4.69, 9.17) is 27.9 Å². The first-order valence-electron chi connectivity index (χ1n) is 10.8. The number of anilines is 1. The smallest absolute Gasteiger partial charge is 0.319 e. The zero-order chi connectivity index (χ0) is 25.5. The van der Waals surface area contributed by atoms with Crippen LogP contribution < -0.4 is 16.2 Å². The maximum Gasteiger partial charge on any atom is 0.319 e. The van der Waals surface area contributed by atoms with Crippen LogP contribution in [0.25, 0.3) is 0 Å². The molecule has 2 amide bonds. The number of aromatic nitrogens is 1. The summed E-state index contributed by atoms with van der Waals surface area (Å²) in [6.07, 6.45) is 1.14. The van der Waals surface area contributed by atoms with Crippen molar-refractivity contribution in [1.29, 1.82) is 0 Å². The molecule has 3 aromatic rings. The number of nitrogens with zero attached hydrogens (tertiary/aromatic N) is 1. The number of esters is 1. The van der Waals surface area contributed by atoms with Gasteiger partial charge >= 0.3 is 12.0 Å². The quantitative estimate of drug-likeness (QED) is 0.363. The predicted octanol–water partition coefficient (Wildman–Crippen LogP) is 5.03. The zero-order valence-electron chi connectivity index (χ0n) is 19.2. The summed E-state index contributed by atoms with van der Waals surface area (Å²) in [5.41, 5.74) is 1.25. The molecule has 1 heterocycles. The van der Waals surface area contributed by atoms with Gasteiger partial charge in [0.25, 0.3) is 5.56 Å². The highest BCUT2D eigenvalue weighted by molar-refractivity contribution is 6.32. The predicted molar refractivity (Wildman–Crippen MR) is 135 cm³/mol. The first-order chi connectivity index (χ1) is 16.7. The van der Waals surface area contributed by atoms with Gasteiger partial charge in [0.15, 0.2) is 11.4 Å². The van der Waals surface area contributed by atoms with Gasteiger partial charge in [-0.05, 0) is 31.0 Å². The number of urea groups is 1. The topological polar surface area (TPSA) is 110 Å². The third kappa shape index (κ3) is 6.77. The Bertz CT molecular complexity index is 1280. The van der Waals surface area contributed by atoms with Crippen molar-refractivity contribution >= 4 is 40.9 Å². The Morgan fingerprint density at radius 1 is 1.09 bits per heavy atom. The van der Waals surface area contributed by atoms with Crippen molar-refractivity contribution in [2.45, 2.75) is 32.9 Å². The highest BCUT2D eigenvalue weighted by atomic mass is 35.5. The fourth-order valence-corrected chi connectivity index (χ4v) is 3.81. The molecule has 0 aliphatic rings. The fraction of sp³-hybridized carbons (Fsp3) is 0.240. The Balaban J connectivity index is 1.86. The van der Waals surface area contributed by atoms with Crippen LogP contribution in [-0.2, 0) is 16.1 Å². The van der Waals surface area contributed by atoms with Crippen molar-refractivity contribution in [2.24, 2.45) is 0 Å². The Hall–Kier alpha value is -3.49. The van der Waals surface area contributed by atoms with E-state index >= 15 is 0 Å².